The molecule has 282 valence electrons. The predicted molar refractivity (Wildman–Crippen MR) is 190 cm³/mol. The lowest BCUT2D eigenvalue weighted by Crippen LogP contribution is -2.52. The van der Waals surface area contributed by atoms with E-state index >= 15 is 0 Å². The zero-order chi connectivity index (χ0) is 38.1. The fourth-order valence-corrected chi connectivity index (χ4v) is 12.9. The number of nitrogen functional groups attached to an aromatic ring is 1. The number of nitrogens with one attached hydrogen (secondary N) is 3. The Balaban J connectivity index is 1.43. The lowest BCUT2D eigenvalue weighted by Gasteiger charge is -2.37. The monoisotopic (exact) mass is 748 g/mol. The Hall–Kier alpha value is -3.37. The minimum atomic E-state index is -1.81. The highest BCUT2D eigenvalue weighted by molar-refractivity contribution is 6.80. The number of guanidine groups is 1. The van der Waals surface area contributed by atoms with Crippen molar-refractivity contribution in [3.63, 3.8) is 0 Å². The number of H-pyrrole nitrogens is 1. The summed E-state index contributed by atoms with van der Waals surface area (Å²) in [4.78, 5) is 50.7. The SMILES string of the molecule is CC(C)(C)OC(=O)NC(=N)N(CCCO[C@H]1[C@H](n2cnc3c(=O)[nH]c(N)nc32)O[C@]23C(O[Si](C(C)(C)C)O[C@@H]12)[Si]3C(C)(C)C)C(=O)OC(C)(C)C. The number of nitrogens with two attached hydrogens (primary N) is 1. The van der Waals surface area contributed by atoms with Crippen molar-refractivity contribution in [1.82, 2.24) is 29.7 Å². The van der Waals surface area contributed by atoms with Gasteiger partial charge in [0.2, 0.25) is 11.9 Å². The number of alkyl carbamates (subject to hydrolysis) is 1. The summed E-state index contributed by atoms with van der Waals surface area (Å²) in [5.74, 6) is -0.562. The summed E-state index contributed by atoms with van der Waals surface area (Å²) in [5, 5.41) is 9.76. The van der Waals surface area contributed by atoms with Gasteiger partial charge in [0.05, 0.1) is 12.1 Å². The van der Waals surface area contributed by atoms with E-state index in [0.29, 0.717) is 0 Å². The normalized spacial score (nSPS) is 25.6. The van der Waals surface area contributed by atoms with Crippen molar-refractivity contribution in [1.29, 1.82) is 5.41 Å². The number of aromatic amines is 1. The Labute approximate surface area is 301 Å². The predicted octanol–water partition coefficient (Wildman–Crippen LogP) is 3.90. The fraction of sp³-hybridized carbons (Fsp3) is 0.750. The number of amides is 2. The van der Waals surface area contributed by atoms with E-state index < -0.39 is 76.6 Å². The zero-order valence-electron chi connectivity index (χ0n) is 31.5. The molecule has 5 rings (SSSR count). The van der Waals surface area contributed by atoms with Gasteiger partial charge in [0.1, 0.15) is 37.4 Å². The Kier molecular flexibility index (Phi) is 10.1. The molecule has 3 aliphatic heterocycles. The Bertz CT molecular complexity index is 1720. The van der Waals surface area contributed by atoms with E-state index in [1.807, 2.05) is 0 Å². The Morgan fingerprint density at radius 1 is 1.06 bits per heavy atom. The molecule has 0 saturated carbocycles. The van der Waals surface area contributed by atoms with Crippen LogP contribution in [0.5, 0.6) is 0 Å². The van der Waals surface area contributed by atoms with E-state index in [-0.39, 0.29) is 52.5 Å². The summed E-state index contributed by atoms with van der Waals surface area (Å²) in [7, 11) is -3.16. The van der Waals surface area contributed by atoms with Crippen LogP contribution in [0.2, 0.25) is 10.1 Å². The fourth-order valence-electron chi connectivity index (χ4n) is 6.37. The molecule has 17 nitrogen and oxygen atoms in total. The van der Waals surface area contributed by atoms with Crippen LogP contribution in [0.1, 0.15) is 95.7 Å². The number of imidazole rings is 1. The summed E-state index contributed by atoms with van der Waals surface area (Å²) in [6.45, 7) is 23.1. The van der Waals surface area contributed by atoms with Crippen molar-refractivity contribution < 1.29 is 37.4 Å². The third kappa shape index (κ3) is 8.02. The molecule has 2 aromatic heterocycles. The molecule has 51 heavy (non-hydrogen) atoms. The van der Waals surface area contributed by atoms with Crippen LogP contribution in [0.3, 0.4) is 0 Å². The van der Waals surface area contributed by atoms with Crippen LogP contribution in [0.25, 0.3) is 11.2 Å². The number of carbonyl (C=O) groups excluding carboxylic acids is 2. The third-order valence-electron chi connectivity index (χ3n) is 8.25. The van der Waals surface area contributed by atoms with Gasteiger partial charge in [-0.15, -0.1) is 0 Å². The molecule has 2 amide bonds. The third-order valence-corrected chi connectivity index (χ3v) is 14.5. The molecule has 5 N–H and O–H groups in total. The molecular weight excluding hydrogens is 697 g/mol. The zero-order valence-corrected chi connectivity index (χ0v) is 33.5. The number of carbonyl (C=O) groups is 2. The number of hydrogen-bond donors (Lipinski definition) is 4. The first-order valence-corrected chi connectivity index (χ1v) is 19.9. The maximum Gasteiger partial charge on any atom is 0.417 e. The van der Waals surface area contributed by atoms with Gasteiger partial charge < -0.3 is 33.5 Å². The van der Waals surface area contributed by atoms with Gasteiger partial charge in [-0.1, -0.05) is 41.5 Å². The molecule has 3 aliphatic rings. The highest BCUT2D eigenvalue weighted by Crippen LogP contribution is 2.64. The average Bonchev–Trinajstić information content (AvgIpc) is 3.25. The van der Waals surface area contributed by atoms with Crippen molar-refractivity contribution in [2.75, 3.05) is 18.9 Å². The molecule has 1 spiro atoms. The van der Waals surface area contributed by atoms with Crippen LogP contribution in [-0.2, 0) is 27.8 Å². The number of ether oxygens (including phenoxy) is 4. The minimum absolute atomic E-state index is 0.0280. The van der Waals surface area contributed by atoms with Crippen molar-refractivity contribution in [3.05, 3.63) is 16.7 Å². The van der Waals surface area contributed by atoms with Gasteiger partial charge in [-0.2, -0.15) is 4.98 Å². The van der Waals surface area contributed by atoms with Crippen LogP contribution in [0.15, 0.2) is 11.1 Å². The van der Waals surface area contributed by atoms with Crippen LogP contribution in [0, 0.1) is 5.41 Å². The van der Waals surface area contributed by atoms with Gasteiger partial charge in [-0.3, -0.25) is 25.1 Å². The van der Waals surface area contributed by atoms with E-state index in [9.17, 15) is 14.4 Å². The maximum absolute atomic E-state index is 13.2. The van der Waals surface area contributed by atoms with Crippen LogP contribution in [0.4, 0.5) is 15.5 Å². The van der Waals surface area contributed by atoms with Gasteiger partial charge in [-0.25, -0.2) is 19.5 Å². The summed E-state index contributed by atoms with van der Waals surface area (Å²) >= 11 is 0. The molecule has 0 bridgehead atoms. The van der Waals surface area contributed by atoms with Crippen LogP contribution in [-0.4, -0.2) is 108 Å². The first-order chi connectivity index (χ1) is 23.3. The minimum Gasteiger partial charge on any atom is -0.444 e. The molecular formula is C32H52N8O9Si2. The average molecular weight is 749 g/mol. The standard InChI is InChI=1S/C32H52N8O9Si2/c1-28(2,3)46-26(42)38-25(34)39(27(43)47-29(4,5)6)14-13-15-44-18-19-32(23(50(32)30(7,8)9)49-51(48-19)31(10,11)12)45-22(18)40-16-35-17-20(40)36-24(33)37-21(17)41/h16,18-19,22-23H,13-15H2,1-12H3,(H2,34,38,42)(H3,33,36,37,41)/t18-,19+,22-,23?,32-/m1/s1. The van der Waals surface area contributed by atoms with Crippen molar-refractivity contribution in [2.45, 2.75) is 140 Å². The molecule has 1 unspecified atom stereocenters. The topological polar surface area (TPSA) is 218 Å². The molecule has 19 heteroatoms. The van der Waals surface area contributed by atoms with E-state index in [4.69, 9.17) is 38.9 Å². The lowest BCUT2D eigenvalue weighted by atomic mass is 10.1. The first-order valence-electron chi connectivity index (χ1n) is 17.0. The molecule has 3 fully saturated rings. The number of aromatic nitrogens is 4. The quantitative estimate of drug-likeness (QED) is 0.143. The first kappa shape index (κ1) is 38.9. The summed E-state index contributed by atoms with van der Waals surface area (Å²) in [6, 6.07) is 0. The number of anilines is 1. The van der Waals surface area contributed by atoms with Crippen molar-refractivity contribution in [3.8, 4) is 0 Å². The van der Waals surface area contributed by atoms with E-state index in [2.05, 4.69) is 61.8 Å². The Morgan fingerprint density at radius 2 is 1.71 bits per heavy atom. The van der Waals surface area contributed by atoms with Gasteiger partial charge in [-0.05, 0) is 53.0 Å². The Morgan fingerprint density at radius 3 is 2.29 bits per heavy atom. The molecule has 3 saturated heterocycles. The number of hydrogen-bond acceptors (Lipinski definition) is 13. The van der Waals surface area contributed by atoms with Crippen molar-refractivity contribution >= 4 is 53.3 Å². The summed E-state index contributed by atoms with van der Waals surface area (Å²) in [6.07, 6.45) is -1.97. The van der Waals surface area contributed by atoms with Crippen LogP contribution < -0.4 is 16.6 Å². The summed E-state index contributed by atoms with van der Waals surface area (Å²) in [5.41, 5.74) is 4.00. The largest absolute Gasteiger partial charge is 0.444 e. The second kappa shape index (κ2) is 13.2. The lowest BCUT2D eigenvalue weighted by molar-refractivity contribution is -0.0735. The van der Waals surface area contributed by atoms with E-state index in [1.54, 1.807) is 46.1 Å². The summed E-state index contributed by atoms with van der Waals surface area (Å²) < 4.78 is 39.7. The molecule has 2 aromatic rings. The highest BCUT2D eigenvalue weighted by atomic mass is 28.3. The van der Waals surface area contributed by atoms with Gasteiger partial charge >= 0.3 is 21.5 Å². The van der Waals surface area contributed by atoms with E-state index in [0.717, 1.165) is 4.90 Å². The van der Waals surface area contributed by atoms with Gasteiger partial charge in [0, 0.05) is 18.2 Å². The maximum atomic E-state index is 13.2. The van der Waals surface area contributed by atoms with Crippen molar-refractivity contribution in [2.24, 2.45) is 0 Å². The molecule has 5 heterocycles. The van der Waals surface area contributed by atoms with Gasteiger partial charge in [0.25, 0.3) is 5.56 Å². The second-order valence-electron chi connectivity index (χ2n) is 17.1. The number of rotatable bonds is 6. The second-order valence-corrected chi connectivity index (χ2v) is 23.3. The molecule has 0 aliphatic carbocycles. The van der Waals surface area contributed by atoms with Gasteiger partial charge in [0.15, 0.2) is 17.4 Å². The highest BCUT2D eigenvalue weighted by Gasteiger charge is 2.84. The van der Waals surface area contributed by atoms with Crippen LogP contribution >= 0.6 is 0 Å². The number of nitrogens with zero attached hydrogens (tertiary/aromatic N) is 4. The molecule has 5 atom stereocenters. The molecule has 0 aromatic carbocycles. The molecule has 2 radical (unpaired) electrons. The number of fused-ring (bicyclic) bond motifs is 1. The smallest absolute Gasteiger partial charge is 0.417 e. The van der Waals surface area contributed by atoms with E-state index in [1.165, 1.54) is 6.33 Å².